The zero-order valence-electron chi connectivity index (χ0n) is 27.9. The number of esters is 2. The highest BCUT2D eigenvalue weighted by Crippen LogP contribution is 2.68. The first-order chi connectivity index (χ1) is 19.4. The van der Waals surface area contributed by atoms with Gasteiger partial charge in [0.25, 0.3) is 0 Å². The van der Waals surface area contributed by atoms with E-state index in [0.29, 0.717) is 35.3 Å². The predicted octanol–water partition coefficient (Wildman–Crippen LogP) is 0.119. The molecule has 6 fully saturated rings. The van der Waals surface area contributed by atoms with Crippen LogP contribution in [-0.2, 0) is 19.1 Å². The molecule has 2 saturated heterocycles. The van der Waals surface area contributed by atoms with Crippen LogP contribution in [0.25, 0.3) is 0 Å². The van der Waals surface area contributed by atoms with E-state index in [9.17, 15) is 9.59 Å². The van der Waals surface area contributed by atoms with Crippen LogP contribution in [0.4, 0.5) is 0 Å². The fraction of sp³-hybridized carbons (Fsp3) is 0.943. The van der Waals surface area contributed by atoms with E-state index in [1.165, 1.54) is 103 Å². The van der Waals surface area contributed by atoms with Gasteiger partial charge in [0.05, 0.1) is 40.3 Å². The lowest BCUT2D eigenvalue weighted by Crippen LogP contribution is -3.00. The molecule has 10 atom stereocenters. The van der Waals surface area contributed by atoms with Crippen LogP contribution in [0.1, 0.15) is 111 Å². The lowest BCUT2D eigenvalue weighted by atomic mass is 9.44. The van der Waals surface area contributed by atoms with E-state index in [2.05, 4.69) is 27.9 Å². The van der Waals surface area contributed by atoms with E-state index in [0.717, 1.165) is 21.3 Å². The molecule has 5 unspecified atom stereocenters. The van der Waals surface area contributed by atoms with E-state index in [1.54, 1.807) is 13.8 Å². The quantitative estimate of drug-likeness (QED) is 0.305. The standard InChI is InChI=1S/C35H60N2O4.2BrH/c1-24(38)40-32-21-26-13-14-27-28(35(26,4)23-31(32)37(6)19-11-8-12-20-37)15-16-34(3)29(27)22-30(33(34)41-25(2)39)36(5)17-9-7-10-18-36;;/h26-33H,7-23H2,1-6H3;2*1H/q+2;;/p-2/t26-,27?,28?,29?,30?,31?,32-,33-,34-,35-;;/m0../s1. The summed E-state index contributed by atoms with van der Waals surface area (Å²) in [6.07, 6.45) is 16.4. The molecule has 0 aromatic carbocycles. The van der Waals surface area contributed by atoms with Crippen molar-refractivity contribution in [3.8, 4) is 0 Å². The van der Waals surface area contributed by atoms with E-state index in [1.807, 2.05) is 0 Å². The Labute approximate surface area is 283 Å². The van der Waals surface area contributed by atoms with Gasteiger partial charge in [-0.1, -0.05) is 13.8 Å². The molecule has 0 N–H and O–H groups in total. The summed E-state index contributed by atoms with van der Waals surface area (Å²) in [5.41, 5.74) is 0.377. The van der Waals surface area contributed by atoms with Crippen molar-refractivity contribution < 1.29 is 62.0 Å². The molecule has 6 aliphatic rings. The molecule has 0 radical (unpaired) electrons. The van der Waals surface area contributed by atoms with Gasteiger partial charge in [0, 0.05) is 32.1 Å². The van der Waals surface area contributed by atoms with Crippen LogP contribution in [0.2, 0.25) is 0 Å². The molecule has 6 nitrogen and oxygen atoms in total. The van der Waals surface area contributed by atoms with Crippen molar-refractivity contribution in [2.45, 2.75) is 135 Å². The Morgan fingerprint density at radius 3 is 1.79 bits per heavy atom. The molecule has 4 aliphatic carbocycles. The fourth-order valence-electron chi connectivity index (χ4n) is 12.3. The first-order valence-corrected chi connectivity index (χ1v) is 17.4. The van der Waals surface area contributed by atoms with E-state index < -0.39 is 0 Å². The van der Waals surface area contributed by atoms with Crippen LogP contribution < -0.4 is 34.0 Å². The van der Waals surface area contributed by atoms with Gasteiger partial charge >= 0.3 is 11.9 Å². The van der Waals surface area contributed by atoms with Gasteiger partial charge in [0.1, 0.15) is 12.1 Å². The highest BCUT2D eigenvalue weighted by Gasteiger charge is 2.68. The summed E-state index contributed by atoms with van der Waals surface area (Å²) < 4.78 is 14.7. The van der Waals surface area contributed by atoms with Crippen LogP contribution in [-0.4, -0.2) is 85.5 Å². The van der Waals surface area contributed by atoms with Gasteiger partial charge in [0.15, 0.2) is 12.2 Å². The highest BCUT2D eigenvalue weighted by atomic mass is 79.9. The normalized spacial score (nSPS) is 44.7. The predicted molar refractivity (Wildman–Crippen MR) is 161 cm³/mol. The van der Waals surface area contributed by atoms with Gasteiger partial charge in [0.2, 0.25) is 0 Å². The molecule has 0 bridgehead atoms. The molecular weight excluding hydrogens is 672 g/mol. The Hall–Kier alpha value is -0.180. The first-order valence-electron chi connectivity index (χ1n) is 17.4. The molecule has 4 saturated carbocycles. The third kappa shape index (κ3) is 6.15. The molecule has 0 aromatic heterocycles. The summed E-state index contributed by atoms with van der Waals surface area (Å²) in [5, 5.41) is 0. The van der Waals surface area contributed by atoms with Gasteiger partial charge in [-0.15, -0.1) is 0 Å². The van der Waals surface area contributed by atoms with E-state index >= 15 is 0 Å². The van der Waals surface area contributed by atoms with Crippen LogP contribution >= 0.6 is 0 Å². The molecule has 0 amide bonds. The van der Waals surface area contributed by atoms with Crippen molar-refractivity contribution in [1.29, 1.82) is 0 Å². The monoisotopic (exact) mass is 730 g/mol. The van der Waals surface area contributed by atoms with Gasteiger partial charge < -0.3 is 52.4 Å². The number of carbonyl (C=O) groups excluding carboxylic acids is 2. The summed E-state index contributed by atoms with van der Waals surface area (Å²) in [5.74, 6) is 2.52. The lowest BCUT2D eigenvalue weighted by molar-refractivity contribution is -0.943. The molecule has 8 heteroatoms. The summed E-state index contributed by atoms with van der Waals surface area (Å²) in [6, 6.07) is 0.846. The van der Waals surface area contributed by atoms with Crippen molar-refractivity contribution in [2.75, 3.05) is 40.3 Å². The van der Waals surface area contributed by atoms with Crippen molar-refractivity contribution in [2.24, 2.45) is 34.5 Å². The number of piperidine rings is 2. The number of likely N-dealkylation sites (tertiary alicyclic amines) is 2. The number of nitrogens with zero attached hydrogens (tertiary/aromatic N) is 2. The van der Waals surface area contributed by atoms with Crippen LogP contribution in [0.3, 0.4) is 0 Å². The van der Waals surface area contributed by atoms with Crippen LogP contribution in [0.15, 0.2) is 0 Å². The number of quaternary nitrogens is 2. The largest absolute Gasteiger partial charge is 1.00 e. The third-order valence-corrected chi connectivity index (χ3v) is 14.5. The Balaban J connectivity index is 0.00000212. The van der Waals surface area contributed by atoms with Crippen molar-refractivity contribution in [3.05, 3.63) is 0 Å². The van der Waals surface area contributed by atoms with Crippen molar-refractivity contribution >= 4 is 11.9 Å². The molecular formula is C35H60Br2N2O4. The smallest absolute Gasteiger partial charge is 0.303 e. The number of likely N-dealkylation sites (N-methyl/N-ethyl adjacent to an activating group) is 2. The second-order valence-corrected chi connectivity index (χ2v) is 16.7. The topological polar surface area (TPSA) is 52.6 Å². The van der Waals surface area contributed by atoms with Gasteiger partial charge in [-0.2, -0.15) is 0 Å². The van der Waals surface area contributed by atoms with Gasteiger partial charge in [-0.3, -0.25) is 9.59 Å². The molecule has 0 spiro atoms. The summed E-state index contributed by atoms with van der Waals surface area (Å²) >= 11 is 0. The second-order valence-electron chi connectivity index (χ2n) is 16.7. The average molecular weight is 733 g/mol. The van der Waals surface area contributed by atoms with Crippen LogP contribution in [0, 0.1) is 34.5 Å². The summed E-state index contributed by atoms with van der Waals surface area (Å²) in [4.78, 5) is 24.8. The summed E-state index contributed by atoms with van der Waals surface area (Å²) in [6.45, 7) is 13.3. The minimum Gasteiger partial charge on any atom is -1.00 e. The highest BCUT2D eigenvalue weighted by molar-refractivity contribution is 5.66. The number of carbonyl (C=O) groups is 2. The van der Waals surface area contributed by atoms with Gasteiger partial charge in [-0.25, -0.2) is 0 Å². The average Bonchev–Trinajstić information content (AvgIpc) is 3.21. The number of ether oxygens (including phenoxy) is 2. The number of rotatable bonds is 4. The maximum atomic E-state index is 12.5. The van der Waals surface area contributed by atoms with E-state index in [4.69, 9.17) is 9.47 Å². The van der Waals surface area contributed by atoms with Crippen molar-refractivity contribution in [3.63, 3.8) is 0 Å². The lowest BCUT2D eigenvalue weighted by Gasteiger charge is -2.63. The zero-order valence-corrected chi connectivity index (χ0v) is 31.1. The molecule has 0 aromatic rings. The molecule has 2 heterocycles. The zero-order chi connectivity index (χ0) is 29.2. The number of hydrogen-bond donors (Lipinski definition) is 0. The number of halogens is 2. The van der Waals surface area contributed by atoms with Gasteiger partial charge in [-0.05, 0) is 99.7 Å². The van der Waals surface area contributed by atoms with Crippen molar-refractivity contribution in [1.82, 2.24) is 0 Å². The first kappa shape index (κ1) is 35.7. The number of hydrogen-bond acceptors (Lipinski definition) is 4. The maximum Gasteiger partial charge on any atom is 0.303 e. The SMILES string of the molecule is CC(=O)O[C@H]1C[C@@H]2CCC3C4CC([N+]5(C)CCCCC5)[C@H](OC(C)=O)[C@@]4(C)CCC3[C@@]2(C)CC1[N+]1(C)CCCCC1.[Br-].[Br-]. The Kier molecular flexibility index (Phi) is 10.9. The third-order valence-electron chi connectivity index (χ3n) is 14.5. The second kappa shape index (κ2) is 13.1. The summed E-state index contributed by atoms with van der Waals surface area (Å²) in [7, 11) is 4.94. The minimum absolute atomic E-state index is 0. The fourth-order valence-corrected chi connectivity index (χ4v) is 12.3. The van der Waals surface area contributed by atoms with E-state index in [-0.39, 0.29) is 63.5 Å². The molecule has 43 heavy (non-hydrogen) atoms. The maximum absolute atomic E-state index is 12.5. The number of fused-ring (bicyclic) bond motifs is 5. The molecule has 6 rings (SSSR count). The van der Waals surface area contributed by atoms with Crippen LogP contribution in [0.5, 0.6) is 0 Å². The molecule has 2 aliphatic heterocycles. The Bertz CT molecular complexity index is 1010. The molecule has 248 valence electrons. The minimum atomic E-state index is -0.0998. The Morgan fingerprint density at radius 2 is 1.23 bits per heavy atom. The Morgan fingerprint density at radius 1 is 0.674 bits per heavy atom.